The van der Waals surface area contributed by atoms with Crippen LogP contribution in [0.4, 0.5) is 13.2 Å². The van der Waals surface area contributed by atoms with E-state index in [9.17, 15) is 13.2 Å². The lowest BCUT2D eigenvalue weighted by Gasteiger charge is -2.31. The van der Waals surface area contributed by atoms with Gasteiger partial charge in [-0.15, -0.1) is 0 Å². The SMILES string of the molecule is CC(c1ccnc(-n2ccc(C(F)(F)F)n2)c1)C1(C)CCCC1. The van der Waals surface area contributed by atoms with Crippen LogP contribution in [0.25, 0.3) is 5.82 Å². The molecular weight excluding hydrogens is 303 g/mol. The molecule has 1 saturated carbocycles. The number of aromatic nitrogens is 3. The van der Waals surface area contributed by atoms with Gasteiger partial charge in [0, 0.05) is 12.4 Å². The van der Waals surface area contributed by atoms with Gasteiger partial charge in [-0.05, 0) is 47.9 Å². The highest BCUT2D eigenvalue weighted by Gasteiger charge is 2.36. The van der Waals surface area contributed by atoms with Crippen molar-refractivity contribution in [3.8, 4) is 5.82 Å². The Morgan fingerprint density at radius 1 is 1.22 bits per heavy atom. The van der Waals surface area contributed by atoms with Gasteiger partial charge >= 0.3 is 6.18 Å². The first-order valence-corrected chi connectivity index (χ1v) is 7.89. The van der Waals surface area contributed by atoms with Gasteiger partial charge in [-0.2, -0.15) is 18.3 Å². The molecule has 3 nitrogen and oxygen atoms in total. The van der Waals surface area contributed by atoms with E-state index < -0.39 is 11.9 Å². The molecule has 1 atom stereocenters. The first-order valence-electron chi connectivity index (χ1n) is 7.89. The number of hydrogen-bond donors (Lipinski definition) is 0. The molecule has 2 aromatic rings. The molecule has 6 heteroatoms. The summed E-state index contributed by atoms with van der Waals surface area (Å²) in [4.78, 5) is 4.17. The van der Waals surface area contributed by atoms with Crippen molar-refractivity contribution < 1.29 is 13.2 Å². The Hall–Kier alpha value is -1.85. The van der Waals surface area contributed by atoms with E-state index >= 15 is 0 Å². The van der Waals surface area contributed by atoms with Crippen molar-refractivity contribution in [1.29, 1.82) is 0 Å². The molecule has 0 saturated heterocycles. The van der Waals surface area contributed by atoms with E-state index in [-0.39, 0.29) is 5.41 Å². The number of alkyl halides is 3. The molecule has 2 heterocycles. The van der Waals surface area contributed by atoms with Gasteiger partial charge in [-0.3, -0.25) is 0 Å². The van der Waals surface area contributed by atoms with Gasteiger partial charge in [0.05, 0.1) is 0 Å². The van der Waals surface area contributed by atoms with Crippen LogP contribution in [0.1, 0.15) is 56.7 Å². The highest BCUT2D eigenvalue weighted by molar-refractivity contribution is 5.31. The molecule has 3 rings (SSSR count). The Balaban J connectivity index is 1.89. The number of nitrogens with zero attached hydrogens (tertiary/aromatic N) is 3. The second-order valence-corrected chi connectivity index (χ2v) is 6.67. The minimum Gasteiger partial charge on any atom is -0.237 e. The molecule has 1 aliphatic rings. The highest BCUT2D eigenvalue weighted by atomic mass is 19.4. The van der Waals surface area contributed by atoms with Gasteiger partial charge in [-0.1, -0.05) is 26.7 Å². The number of pyridine rings is 1. The van der Waals surface area contributed by atoms with Crippen LogP contribution < -0.4 is 0 Å². The van der Waals surface area contributed by atoms with Crippen LogP contribution in [0.15, 0.2) is 30.6 Å². The smallest absolute Gasteiger partial charge is 0.237 e. The van der Waals surface area contributed by atoms with Crippen molar-refractivity contribution in [3.63, 3.8) is 0 Å². The first kappa shape index (κ1) is 16.0. The molecule has 124 valence electrons. The average molecular weight is 323 g/mol. The topological polar surface area (TPSA) is 30.7 Å². The molecule has 1 unspecified atom stereocenters. The maximum Gasteiger partial charge on any atom is 0.435 e. The maximum absolute atomic E-state index is 12.7. The Kier molecular flexibility index (Phi) is 3.94. The van der Waals surface area contributed by atoms with Gasteiger partial charge in [0.15, 0.2) is 11.5 Å². The van der Waals surface area contributed by atoms with E-state index in [2.05, 4.69) is 23.9 Å². The molecule has 0 radical (unpaired) electrons. The molecule has 2 aromatic heterocycles. The number of hydrogen-bond acceptors (Lipinski definition) is 2. The summed E-state index contributed by atoms with van der Waals surface area (Å²) in [6.45, 7) is 4.48. The van der Waals surface area contributed by atoms with Gasteiger partial charge < -0.3 is 0 Å². The summed E-state index contributed by atoms with van der Waals surface area (Å²) < 4.78 is 39.2. The molecule has 0 bridgehead atoms. The van der Waals surface area contributed by atoms with Gasteiger partial charge in [0.2, 0.25) is 0 Å². The summed E-state index contributed by atoms with van der Waals surface area (Å²) in [5.74, 6) is 0.760. The molecule has 23 heavy (non-hydrogen) atoms. The summed E-state index contributed by atoms with van der Waals surface area (Å²) in [5.41, 5.74) is 0.448. The molecular formula is C17H20F3N3. The highest BCUT2D eigenvalue weighted by Crippen LogP contribution is 2.48. The van der Waals surface area contributed by atoms with Gasteiger partial charge in [0.25, 0.3) is 0 Å². The Labute approximate surface area is 133 Å². The van der Waals surface area contributed by atoms with Crippen LogP contribution in [-0.2, 0) is 6.18 Å². The predicted molar refractivity (Wildman–Crippen MR) is 81.4 cm³/mol. The lowest BCUT2D eigenvalue weighted by molar-refractivity contribution is -0.141. The van der Waals surface area contributed by atoms with Crippen molar-refractivity contribution in [2.75, 3.05) is 0 Å². The zero-order valence-corrected chi connectivity index (χ0v) is 13.3. The van der Waals surface area contributed by atoms with Crippen LogP contribution in [0, 0.1) is 5.41 Å². The summed E-state index contributed by atoms with van der Waals surface area (Å²) >= 11 is 0. The minimum atomic E-state index is -4.44. The van der Waals surface area contributed by atoms with Crippen LogP contribution in [-0.4, -0.2) is 14.8 Å². The van der Waals surface area contributed by atoms with E-state index in [0.29, 0.717) is 11.7 Å². The molecule has 0 aliphatic heterocycles. The van der Waals surface area contributed by atoms with Crippen LogP contribution in [0.5, 0.6) is 0 Å². The van der Waals surface area contributed by atoms with Crippen LogP contribution in [0.3, 0.4) is 0 Å². The fraction of sp³-hybridized carbons (Fsp3) is 0.529. The standard InChI is InChI=1S/C17H20F3N3/c1-12(16(2)7-3-4-8-16)13-5-9-21-15(11-13)23-10-6-14(22-23)17(18,19)20/h5-6,9-12H,3-4,7-8H2,1-2H3. The molecule has 0 amide bonds. The quantitative estimate of drug-likeness (QED) is 0.798. The van der Waals surface area contributed by atoms with E-state index in [1.165, 1.54) is 36.6 Å². The second-order valence-electron chi connectivity index (χ2n) is 6.67. The van der Waals surface area contributed by atoms with Crippen molar-refractivity contribution in [2.45, 2.75) is 51.6 Å². The average Bonchev–Trinajstić information content (AvgIpc) is 3.16. The van der Waals surface area contributed by atoms with Crippen molar-refractivity contribution in [2.24, 2.45) is 5.41 Å². The molecule has 0 N–H and O–H groups in total. The fourth-order valence-electron chi connectivity index (χ4n) is 3.45. The zero-order chi connectivity index (χ0) is 16.7. The van der Waals surface area contributed by atoms with E-state index in [4.69, 9.17) is 0 Å². The van der Waals surface area contributed by atoms with Crippen molar-refractivity contribution >= 4 is 0 Å². The maximum atomic E-state index is 12.7. The molecule has 1 aliphatic carbocycles. The predicted octanol–water partition coefficient (Wildman–Crippen LogP) is 4.97. The lowest BCUT2D eigenvalue weighted by Crippen LogP contribution is -2.20. The number of halogens is 3. The third-order valence-corrected chi connectivity index (χ3v) is 5.17. The third-order valence-electron chi connectivity index (χ3n) is 5.17. The van der Waals surface area contributed by atoms with E-state index in [1.54, 1.807) is 6.20 Å². The van der Waals surface area contributed by atoms with E-state index in [0.717, 1.165) is 11.6 Å². The van der Waals surface area contributed by atoms with Gasteiger partial charge in [0.1, 0.15) is 0 Å². The Morgan fingerprint density at radius 3 is 2.52 bits per heavy atom. The monoisotopic (exact) mass is 323 g/mol. The lowest BCUT2D eigenvalue weighted by atomic mass is 9.73. The largest absolute Gasteiger partial charge is 0.435 e. The Bertz CT molecular complexity index is 684. The van der Waals surface area contributed by atoms with Crippen LogP contribution in [0.2, 0.25) is 0 Å². The second kappa shape index (κ2) is 5.65. The molecule has 0 spiro atoms. The van der Waals surface area contributed by atoms with Crippen LogP contribution >= 0.6 is 0 Å². The summed E-state index contributed by atoms with van der Waals surface area (Å²) in [6, 6.07) is 4.77. The fourth-order valence-corrected chi connectivity index (χ4v) is 3.45. The van der Waals surface area contributed by atoms with E-state index in [1.807, 2.05) is 12.1 Å². The minimum absolute atomic E-state index is 0.250. The van der Waals surface area contributed by atoms with Gasteiger partial charge in [-0.25, -0.2) is 9.67 Å². The summed E-state index contributed by atoms with van der Waals surface area (Å²) in [6.07, 6.45) is 3.37. The molecule has 1 fully saturated rings. The first-order chi connectivity index (χ1) is 10.8. The molecule has 0 aromatic carbocycles. The van der Waals surface area contributed by atoms with Crippen molar-refractivity contribution in [3.05, 3.63) is 41.9 Å². The summed E-state index contributed by atoms with van der Waals surface area (Å²) in [5, 5.41) is 3.60. The Morgan fingerprint density at radius 2 is 1.91 bits per heavy atom. The summed E-state index contributed by atoms with van der Waals surface area (Å²) in [7, 11) is 0. The number of rotatable bonds is 3. The van der Waals surface area contributed by atoms with Crippen molar-refractivity contribution in [1.82, 2.24) is 14.8 Å². The third kappa shape index (κ3) is 3.12. The normalized spacial score (nSPS) is 19.0. The zero-order valence-electron chi connectivity index (χ0n) is 13.3.